The van der Waals surface area contributed by atoms with Crippen molar-refractivity contribution in [3.8, 4) is 11.3 Å². The van der Waals surface area contributed by atoms with Gasteiger partial charge in [0.1, 0.15) is 12.0 Å². The van der Waals surface area contributed by atoms with Gasteiger partial charge in [0.25, 0.3) is 5.91 Å². The summed E-state index contributed by atoms with van der Waals surface area (Å²) in [7, 11) is 0. The first kappa shape index (κ1) is 16.5. The van der Waals surface area contributed by atoms with Crippen LogP contribution in [-0.4, -0.2) is 64.6 Å². The summed E-state index contributed by atoms with van der Waals surface area (Å²) in [5.74, 6) is -0.172. The van der Waals surface area contributed by atoms with E-state index in [0.717, 1.165) is 38.4 Å². The SMILES string of the molecule is C[C@H](CN1CCOCC1)NC(=O)c1cccc(-c2cncnc2)n1. The summed E-state index contributed by atoms with van der Waals surface area (Å²) < 4.78 is 5.34. The van der Waals surface area contributed by atoms with E-state index in [-0.39, 0.29) is 11.9 Å². The van der Waals surface area contributed by atoms with Gasteiger partial charge in [-0.15, -0.1) is 0 Å². The zero-order valence-corrected chi connectivity index (χ0v) is 13.7. The average Bonchev–Trinajstić information content (AvgIpc) is 2.63. The van der Waals surface area contributed by atoms with E-state index in [0.29, 0.717) is 11.4 Å². The fraction of sp³-hybridized carbons (Fsp3) is 0.412. The van der Waals surface area contributed by atoms with E-state index in [1.807, 2.05) is 19.1 Å². The molecule has 0 saturated carbocycles. The third-order valence-corrected chi connectivity index (χ3v) is 3.85. The Balaban J connectivity index is 1.62. The molecule has 24 heavy (non-hydrogen) atoms. The van der Waals surface area contributed by atoms with Crippen molar-refractivity contribution in [1.29, 1.82) is 0 Å². The van der Waals surface area contributed by atoms with Crippen molar-refractivity contribution < 1.29 is 9.53 Å². The predicted molar refractivity (Wildman–Crippen MR) is 89.5 cm³/mol. The highest BCUT2D eigenvalue weighted by Crippen LogP contribution is 2.14. The maximum atomic E-state index is 12.4. The van der Waals surface area contributed by atoms with E-state index < -0.39 is 0 Å². The number of carbonyl (C=O) groups excluding carboxylic acids is 1. The number of amides is 1. The molecule has 1 aliphatic rings. The molecule has 2 aromatic heterocycles. The standard InChI is InChI=1S/C17H21N5O2/c1-13(11-22-5-7-24-8-6-22)20-17(23)16-4-2-3-15(21-16)14-9-18-12-19-10-14/h2-4,9-10,12-13H,5-8,11H2,1H3,(H,20,23)/t13-/m1/s1. The number of aromatic nitrogens is 3. The Morgan fingerprint density at radius 2 is 2.04 bits per heavy atom. The van der Waals surface area contributed by atoms with Gasteiger partial charge in [0.15, 0.2) is 0 Å². The summed E-state index contributed by atoms with van der Waals surface area (Å²) >= 11 is 0. The quantitative estimate of drug-likeness (QED) is 0.882. The van der Waals surface area contributed by atoms with Gasteiger partial charge in [-0.2, -0.15) is 0 Å². The molecule has 0 aromatic carbocycles. The summed E-state index contributed by atoms with van der Waals surface area (Å²) in [6, 6.07) is 5.41. The maximum absolute atomic E-state index is 12.4. The lowest BCUT2D eigenvalue weighted by atomic mass is 10.2. The van der Waals surface area contributed by atoms with Gasteiger partial charge in [-0.05, 0) is 19.1 Å². The number of ether oxygens (including phenoxy) is 1. The molecular formula is C17H21N5O2. The van der Waals surface area contributed by atoms with Crippen molar-refractivity contribution in [2.75, 3.05) is 32.8 Å². The Kier molecular flexibility index (Phi) is 5.45. The van der Waals surface area contributed by atoms with Crippen LogP contribution in [0.5, 0.6) is 0 Å². The summed E-state index contributed by atoms with van der Waals surface area (Å²) in [5.41, 5.74) is 1.86. The summed E-state index contributed by atoms with van der Waals surface area (Å²) in [4.78, 5) is 27.1. The number of pyridine rings is 1. The first-order chi connectivity index (χ1) is 11.7. The summed E-state index contributed by atoms with van der Waals surface area (Å²) in [5, 5.41) is 3.01. The predicted octanol–water partition coefficient (Wildman–Crippen LogP) is 0.989. The van der Waals surface area contributed by atoms with Gasteiger partial charge in [0.2, 0.25) is 0 Å². The third-order valence-electron chi connectivity index (χ3n) is 3.85. The van der Waals surface area contributed by atoms with Crippen molar-refractivity contribution in [2.24, 2.45) is 0 Å². The van der Waals surface area contributed by atoms with Crippen LogP contribution in [0.4, 0.5) is 0 Å². The molecular weight excluding hydrogens is 306 g/mol. The molecule has 1 fully saturated rings. The first-order valence-electron chi connectivity index (χ1n) is 8.06. The number of hydrogen-bond acceptors (Lipinski definition) is 6. The normalized spacial score (nSPS) is 16.5. The Hall–Kier alpha value is -2.38. The van der Waals surface area contributed by atoms with Crippen LogP contribution in [0.15, 0.2) is 36.9 Å². The lowest BCUT2D eigenvalue weighted by molar-refractivity contribution is 0.0342. The zero-order valence-electron chi connectivity index (χ0n) is 13.7. The van der Waals surface area contributed by atoms with Gasteiger partial charge < -0.3 is 10.1 Å². The zero-order chi connectivity index (χ0) is 16.8. The van der Waals surface area contributed by atoms with Gasteiger partial charge in [0.05, 0.1) is 18.9 Å². The fourth-order valence-corrected chi connectivity index (χ4v) is 2.67. The topological polar surface area (TPSA) is 80.2 Å². The van der Waals surface area contributed by atoms with Crippen LogP contribution >= 0.6 is 0 Å². The molecule has 0 radical (unpaired) electrons. The molecule has 2 aromatic rings. The van der Waals surface area contributed by atoms with Gasteiger partial charge in [-0.1, -0.05) is 6.07 Å². The van der Waals surface area contributed by atoms with Crippen LogP contribution in [0, 0.1) is 0 Å². The minimum atomic E-state index is -0.172. The molecule has 7 heteroatoms. The molecule has 1 atom stereocenters. The first-order valence-corrected chi connectivity index (χ1v) is 8.06. The second-order valence-corrected chi connectivity index (χ2v) is 5.82. The molecule has 3 rings (SSSR count). The van der Waals surface area contributed by atoms with Crippen LogP contribution in [0.25, 0.3) is 11.3 Å². The Morgan fingerprint density at radius 3 is 2.79 bits per heavy atom. The molecule has 7 nitrogen and oxygen atoms in total. The largest absolute Gasteiger partial charge is 0.379 e. The van der Waals surface area contributed by atoms with E-state index >= 15 is 0 Å². The number of carbonyl (C=O) groups is 1. The Morgan fingerprint density at radius 1 is 1.29 bits per heavy atom. The monoisotopic (exact) mass is 327 g/mol. The van der Waals surface area contributed by atoms with Crippen molar-refractivity contribution in [2.45, 2.75) is 13.0 Å². The molecule has 1 saturated heterocycles. The van der Waals surface area contributed by atoms with E-state index in [1.54, 1.807) is 18.5 Å². The molecule has 0 bridgehead atoms. The van der Waals surface area contributed by atoms with Gasteiger partial charge in [-0.25, -0.2) is 15.0 Å². The van der Waals surface area contributed by atoms with Crippen LogP contribution in [0.2, 0.25) is 0 Å². The van der Waals surface area contributed by atoms with Gasteiger partial charge in [-0.3, -0.25) is 9.69 Å². The van der Waals surface area contributed by atoms with E-state index in [2.05, 4.69) is 25.2 Å². The second-order valence-electron chi connectivity index (χ2n) is 5.82. The Labute approximate surface area is 141 Å². The Bertz CT molecular complexity index is 674. The highest BCUT2D eigenvalue weighted by molar-refractivity contribution is 5.93. The van der Waals surface area contributed by atoms with Gasteiger partial charge in [0, 0.05) is 43.6 Å². The molecule has 0 unspecified atom stereocenters. The van der Waals surface area contributed by atoms with Crippen molar-refractivity contribution >= 4 is 5.91 Å². The summed E-state index contributed by atoms with van der Waals surface area (Å²) in [6.07, 6.45) is 4.82. The lowest BCUT2D eigenvalue weighted by Crippen LogP contribution is -2.46. The third kappa shape index (κ3) is 4.33. The van der Waals surface area contributed by atoms with Gasteiger partial charge >= 0.3 is 0 Å². The molecule has 0 spiro atoms. The molecule has 1 N–H and O–H groups in total. The molecule has 0 aliphatic carbocycles. The second kappa shape index (κ2) is 7.94. The van der Waals surface area contributed by atoms with Crippen molar-refractivity contribution in [3.05, 3.63) is 42.6 Å². The minimum absolute atomic E-state index is 0.0427. The highest BCUT2D eigenvalue weighted by Gasteiger charge is 2.16. The van der Waals surface area contributed by atoms with Crippen LogP contribution < -0.4 is 5.32 Å². The van der Waals surface area contributed by atoms with Crippen molar-refractivity contribution in [3.63, 3.8) is 0 Å². The molecule has 1 aliphatic heterocycles. The van der Waals surface area contributed by atoms with Crippen LogP contribution in [0.1, 0.15) is 17.4 Å². The molecule has 3 heterocycles. The molecule has 1 amide bonds. The molecule has 126 valence electrons. The smallest absolute Gasteiger partial charge is 0.270 e. The van der Waals surface area contributed by atoms with Crippen LogP contribution in [0.3, 0.4) is 0 Å². The van der Waals surface area contributed by atoms with Crippen LogP contribution in [-0.2, 0) is 4.74 Å². The maximum Gasteiger partial charge on any atom is 0.270 e. The number of nitrogens with zero attached hydrogens (tertiary/aromatic N) is 4. The number of rotatable bonds is 5. The fourth-order valence-electron chi connectivity index (χ4n) is 2.67. The number of morpholine rings is 1. The summed E-state index contributed by atoms with van der Waals surface area (Å²) in [6.45, 7) is 6.13. The minimum Gasteiger partial charge on any atom is -0.379 e. The van der Waals surface area contributed by atoms with E-state index in [1.165, 1.54) is 6.33 Å². The van der Waals surface area contributed by atoms with E-state index in [9.17, 15) is 4.79 Å². The number of nitrogens with one attached hydrogen (secondary N) is 1. The number of hydrogen-bond donors (Lipinski definition) is 1. The van der Waals surface area contributed by atoms with Crippen molar-refractivity contribution in [1.82, 2.24) is 25.2 Å². The average molecular weight is 327 g/mol. The van der Waals surface area contributed by atoms with E-state index in [4.69, 9.17) is 4.74 Å². The highest BCUT2D eigenvalue weighted by atomic mass is 16.5. The lowest BCUT2D eigenvalue weighted by Gasteiger charge is -2.29.